The van der Waals surface area contributed by atoms with E-state index in [0.717, 1.165) is 30.7 Å². The molecule has 8 heteroatoms. The molecule has 0 radical (unpaired) electrons. The monoisotopic (exact) mass is 474 g/mol. The van der Waals surface area contributed by atoms with Crippen molar-refractivity contribution < 1.29 is 4.79 Å². The maximum Gasteiger partial charge on any atom is 0.246 e. The van der Waals surface area contributed by atoms with E-state index in [9.17, 15) is 4.79 Å². The summed E-state index contributed by atoms with van der Waals surface area (Å²) in [7, 11) is 3.66. The molecule has 2 unspecified atom stereocenters. The Labute approximate surface area is 173 Å². The molecule has 1 N–H and O–H groups in total. The highest BCUT2D eigenvalue weighted by Gasteiger charge is 2.28. The van der Waals surface area contributed by atoms with Crippen LogP contribution in [0.15, 0.2) is 17.4 Å². The Bertz CT molecular complexity index is 631. The average molecular weight is 474 g/mol. The minimum atomic E-state index is 0. The molecule has 1 saturated heterocycles. The number of aryl methyl sites for hydroxylation is 1. The first kappa shape index (κ1) is 21.0. The number of hydrogen-bond acceptors (Lipinski definition) is 3. The molecule has 2 atom stereocenters. The summed E-state index contributed by atoms with van der Waals surface area (Å²) < 4.78 is 1.72. The van der Waals surface area contributed by atoms with Crippen molar-refractivity contribution >= 4 is 41.5 Å². The third-order valence-corrected chi connectivity index (χ3v) is 5.33. The van der Waals surface area contributed by atoms with Crippen molar-refractivity contribution in [2.24, 2.45) is 23.9 Å². The summed E-state index contributed by atoms with van der Waals surface area (Å²) in [4.78, 5) is 20.8. The standard InChI is InChI=1S/C18H30N6O.HI/c1-14-5-4-6-15(9-14)10-20-18(19-2)23-7-8-24(17(25)13-23)16-11-21-22(3)12-16;/h11-12,14-15H,4-10,13H2,1-3H3,(H,19,20);1H. The molecule has 0 bridgehead atoms. The molecule has 26 heavy (non-hydrogen) atoms. The summed E-state index contributed by atoms with van der Waals surface area (Å²) in [5.41, 5.74) is 0.867. The van der Waals surface area contributed by atoms with Gasteiger partial charge < -0.3 is 15.1 Å². The first-order valence-corrected chi connectivity index (χ1v) is 9.31. The second-order valence-electron chi connectivity index (χ2n) is 7.41. The minimum absolute atomic E-state index is 0. The minimum Gasteiger partial charge on any atom is -0.356 e. The Balaban J connectivity index is 0.00000243. The summed E-state index contributed by atoms with van der Waals surface area (Å²) in [5, 5.41) is 7.65. The van der Waals surface area contributed by atoms with E-state index in [1.54, 1.807) is 22.8 Å². The summed E-state index contributed by atoms with van der Waals surface area (Å²) >= 11 is 0. The van der Waals surface area contributed by atoms with Crippen molar-refractivity contribution in [3.8, 4) is 0 Å². The number of aliphatic imine (C=N–C) groups is 1. The van der Waals surface area contributed by atoms with E-state index < -0.39 is 0 Å². The largest absolute Gasteiger partial charge is 0.356 e. The van der Waals surface area contributed by atoms with Crippen LogP contribution < -0.4 is 10.2 Å². The lowest BCUT2D eigenvalue weighted by Crippen LogP contribution is -2.55. The highest BCUT2D eigenvalue weighted by molar-refractivity contribution is 14.0. The molecule has 1 aromatic rings. The zero-order valence-electron chi connectivity index (χ0n) is 16.0. The Kier molecular flexibility index (Phi) is 7.72. The second kappa shape index (κ2) is 9.57. The van der Waals surface area contributed by atoms with Gasteiger partial charge in [0.15, 0.2) is 5.96 Å². The first-order valence-electron chi connectivity index (χ1n) is 9.31. The molecule has 1 saturated carbocycles. The molecule has 7 nitrogen and oxygen atoms in total. The van der Waals surface area contributed by atoms with Crippen molar-refractivity contribution in [3.63, 3.8) is 0 Å². The van der Waals surface area contributed by atoms with Gasteiger partial charge in [0.05, 0.1) is 11.9 Å². The lowest BCUT2D eigenvalue weighted by Gasteiger charge is -2.36. The van der Waals surface area contributed by atoms with E-state index in [0.29, 0.717) is 19.0 Å². The van der Waals surface area contributed by atoms with Crippen molar-refractivity contribution in [2.45, 2.75) is 32.6 Å². The molecule has 1 aromatic heterocycles. The van der Waals surface area contributed by atoms with Gasteiger partial charge in [0.2, 0.25) is 5.91 Å². The summed E-state index contributed by atoms with van der Waals surface area (Å²) in [6.45, 7) is 5.09. The Hall–Kier alpha value is -1.32. The molecule has 2 heterocycles. The fourth-order valence-corrected chi connectivity index (χ4v) is 3.99. The van der Waals surface area contributed by atoms with E-state index in [2.05, 4.69) is 27.2 Å². The van der Waals surface area contributed by atoms with E-state index in [1.165, 1.54) is 25.7 Å². The molecule has 1 aliphatic heterocycles. The quantitative estimate of drug-likeness (QED) is 0.414. The molecule has 1 amide bonds. The lowest BCUT2D eigenvalue weighted by molar-refractivity contribution is -0.120. The number of carbonyl (C=O) groups excluding carboxylic acids is 1. The molecular weight excluding hydrogens is 443 g/mol. The maximum atomic E-state index is 12.5. The number of rotatable bonds is 3. The summed E-state index contributed by atoms with van der Waals surface area (Å²) in [6.07, 6.45) is 8.89. The van der Waals surface area contributed by atoms with Crippen LogP contribution in [0.1, 0.15) is 32.6 Å². The van der Waals surface area contributed by atoms with Crippen LogP contribution in [0.5, 0.6) is 0 Å². The van der Waals surface area contributed by atoms with Gasteiger partial charge in [-0.2, -0.15) is 5.10 Å². The molecular formula is C18H31IN6O. The fraction of sp³-hybridized carbons (Fsp3) is 0.722. The predicted octanol–water partition coefficient (Wildman–Crippen LogP) is 2.09. The van der Waals surface area contributed by atoms with Gasteiger partial charge in [-0.15, -0.1) is 24.0 Å². The van der Waals surface area contributed by atoms with Gasteiger partial charge in [0.25, 0.3) is 0 Å². The normalized spacial score (nSPS) is 24.4. The zero-order valence-corrected chi connectivity index (χ0v) is 18.3. The van der Waals surface area contributed by atoms with E-state index >= 15 is 0 Å². The van der Waals surface area contributed by atoms with Crippen molar-refractivity contribution in [1.29, 1.82) is 0 Å². The third-order valence-electron chi connectivity index (χ3n) is 5.33. The maximum absolute atomic E-state index is 12.5. The molecule has 0 spiro atoms. The SMILES string of the molecule is CN=C(NCC1CCCC(C)C1)N1CCN(c2cnn(C)c2)C(=O)C1.I. The number of piperazine rings is 1. The number of nitrogens with one attached hydrogen (secondary N) is 1. The smallest absolute Gasteiger partial charge is 0.246 e. The summed E-state index contributed by atoms with van der Waals surface area (Å²) in [6, 6.07) is 0. The zero-order chi connectivity index (χ0) is 17.8. The number of anilines is 1. The highest BCUT2D eigenvalue weighted by atomic mass is 127. The number of guanidine groups is 1. The van der Waals surface area contributed by atoms with Gasteiger partial charge in [-0.05, 0) is 24.7 Å². The van der Waals surface area contributed by atoms with Crippen molar-refractivity contribution in [3.05, 3.63) is 12.4 Å². The summed E-state index contributed by atoms with van der Waals surface area (Å²) in [5.74, 6) is 2.48. The molecule has 2 aliphatic rings. The van der Waals surface area contributed by atoms with Crippen molar-refractivity contribution in [2.75, 3.05) is 38.1 Å². The van der Waals surface area contributed by atoms with Crippen LogP contribution in [0.2, 0.25) is 0 Å². The van der Waals surface area contributed by atoms with E-state index in [-0.39, 0.29) is 29.9 Å². The van der Waals surface area contributed by atoms with E-state index in [1.807, 2.05) is 13.2 Å². The number of nitrogens with zero attached hydrogens (tertiary/aromatic N) is 5. The number of carbonyl (C=O) groups is 1. The topological polar surface area (TPSA) is 65.8 Å². The predicted molar refractivity (Wildman–Crippen MR) is 115 cm³/mol. The van der Waals surface area contributed by atoms with Crippen LogP contribution in [0, 0.1) is 11.8 Å². The van der Waals surface area contributed by atoms with Crippen molar-refractivity contribution in [1.82, 2.24) is 20.0 Å². The van der Waals surface area contributed by atoms with Gasteiger partial charge in [0.1, 0.15) is 6.54 Å². The van der Waals surface area contributed by atoms with Crippen LogP contribution in [0.3, 0.4) is 0 Å². The molecule has 1 aliphatic carbocycles. The Morgan fingerprint density at radius 3 is 2.81 bits per heavy atom. The van der Waals surface area contributed by atoms with Crippen LogP contribution in [-0.2, 0) is 11.8 Å². The Morgan fingerprint density at radius 2 is 2.19 bits per heavy atom. The first-order chi connectivity index (χ1) is 12.1. The highest BCUT2D eigenvalue weighted by Crippen LogP contribution is 2.28. The Morgan fingerprint density at radius 1 is 1.38 bits per heavy atom. The van der Waals surface area contributed by atoms with Crippen LogP contribution >= 0.6 is 24.0 Å². The molecule has 0 aromatic carbocycles. The second-order valence-corrected chi connectivity index (χ2v) is 7.41. The lowest BCUT2D eigenvalue weighted by atomic mass is 9.82. The number of halogens is 1. The van der Waals surface area contributed by atoms with Crippen LogP contribution in [-0.4, -0.2) is 59.8 Å². The number of amides is 1. The third kappa shape index (κ3) is 5.11. The van der Waals surface area contributed by atoms with Gasteiger partial charge in [-0.25, -0.2) is 0 Å². The van der Waals surface area contributed by atoms with Crippen LogP contribution in [0.25, 0.3) is 0 Å². The van der Waals surface area contributed by atoms with Gasteiger partial charge in [-0.3, -0.25) is 14.5 Å². The average Bonchev–Trinajstić information content (AvgIpc) is 3.02. The van der Waals surface area contributed by atoms with Gasteiger partial charge in [-0.1, -0.05) is 19.8 Å². The molecule has 2 fully saturated rings. The molecule has 146 valence electrons. The number of aromatic nitrogens is 2. The fourth-order valence-electron chi connectivity index (χ4n) is 3.99. The number of hydrogen-bond donors (Lipinski definition) is 1. The van der Waals surface area contributed by atoms with Gasteiger partial charge in [0, 0.05) is 39.9 Å². The van der Waals surface area contributed by atoms with Crippen LogP contribution in [0.4, 0.5) is 5.69 Å². The van der Waals surface area contributed by atoms with Gasteiger partial charge >= 0.3 is 0 Å². The molecule has 3 rings (SSSR count). The van der Waals surface area contributed by atoms with E-state index in [4.69, 9.17) is 0 Å².